The maximum Gasteiger partial charge on any atom is 0.335 e. The molecule has 0 spiro atoms. The number of thioether (sulfide) groups is 1. The van der Waals surface area contributed by atoms with E-state index < -0.39 is 11.8 Å². The first-order valence-electron chi connectivity index (χ1n) is 5.88. The maximum absolute atomic E-state index is 13.3. The van der Waals surface area contributed by atoms with E-state index in [9.17, 15) is 9.18 Å². The van der Waals surface area contributed by atoms with Crippen molar-refractivity contribution < 1.29 is 14.3 Å². The quantitative estimate of drug-likeness (QED) is 0.826. The Labute approximate surface area is 125 Å². The third kappa shape index (κ3) is 3.52. The second-order valence-corrected chi connectivity index (χ2v) is 5.77. The summed E-state index contributed by atoms with van der Waals surface area (Å²) in [6.45, 7) is 1.76. The van der Waals surface area contributed by atoms with Crippen LogP contribution in [0.5, 0.6) is 0 Å². The minimum atomic E-state index is -0.942. The van der Waals surface area contributed by atoms with E-state index in [1.807, 2.05) is 6.07 Å². The number of aromatic carboxylic acids is 1. The molecule has 104 valence electrons. The van der Waals surface area contributed by atoms with Crippen LogP contribution in [-0.4, -0.2) is 11.1 Å². The van der Waals surface area contributed by atoms with Crippen LogP contribution in [0, 0.1) is 12.7 Å². The molecule has 0 unspecified atom stereocenters. The number of rotatable bonds is 4. The zero-order valence-electron chi connectivity index (χ0n) is 10.7. The molecule has 2 aromatic carbocycles. The molecule has 0 saturated carbocycles. The Balaban J connectivity index is 2.12. The van der Waals surface area contributed by atoms with Crippen LogP contribution in [0.2, 0.25) is 5.02 Å². The Morgan fingerprint density at radius 2 is 2.05 bits per heavy atom. The van der Waals surface area contributed by atoms with E-state index in [2.05, 4.69) is 0 Å². The number of aryl methyl sites for hydroxylation is 1. The van der Waals surface area contributed by atoms with E-state index >= 15 is 0 Å². The minimum absolute atomic E-state index is 0.0993. The molecule has 1 N–H and O–H groups in total. The molecule has 20 heavy (non-hydrogen) atoms. The Morgan fingerprint density at radius 1 is 1.30 bits per heavy atom. The molecule has 0 fully saturated rings. The van der Waals surface area contributed by atoms with Crippen LogP contribution in [0.3, 0.4) is 0 Å². The normalized spacial score (nSPS) is 10.6. The Bertz CT molecular complexity index is 658. The molecular formula is C15H12ClFO2S. The highest BCUT2D eigenvalue weighted by Gasteiger charge is 2.08. The average Bonchev–Trinajstić information content (AvgIpc) is 2.41. The van der Waals surface area contributed by atoms with Crippen LogP contribution in [-0.2, 0) is 5.75 Å². The topological polar surface area (TPSA) is 37.3 Å². The number of carboxylic acids is 1. The smallest absolute Gasteiger partial charge is 0.335 e. The van der Waals surface area contributed by atoms with Crippen LogP contribution in [0.25, 0.3) is 0 Å². The summed E-state index contributed by atoms with van der Waals surface area (Å²) >= 11 is 7.08. The van der Waals surface area contributed by atoms with E-state index in [4.69, 9.17) is 16.7 Å². The van der Waals surface area contributed by atoms with Gasteiger partial charge in [0.1, 0.15) is 5.82 Å². The molecule has 0 bridgehead atoms. The van der Waals surface area contributed by atoms with Crippen molar-refractivity contribution in [1.82, 2.24) is 0 Å². The van der Waals surface area contributed by atoms with Gasteiger partial charge in [-0.3, -0.25) is 0 Å². The fourth-order valence-corrected chi connectivity index (χ4v) is 2.71. The zero-order valence-corrected chi connectivity index (χ0v) is 12.3. The van der Waals surface area contributed by atoms with Gasteiger partial charge in [-0.25, -0.2) is 9.18 Å². The predicted molar refractivity (Wildman–Crippen MR) is 79.1 cm³/mol. The van der Waals surface area contributed by atoms with Crippen LogP contribution >= 0.6 is 23.4 Å². The Morgan fingerprint density at radius 3 is 2.70 bits per heavy atom. The lowest BCUT2D eigenvalue weighted by Crippen LogP contribution is -1.99. The Kier molecular flexibility index (Phi) is 4.68. The summed E-state index contributed by atoms with van der Waals surface area (Å²) in [7, 11) is 0. The third-order valence-electron chi connectivity index (χ3n) is 2.83. The van der Waals surface area contributed by atoms with Gasteiger partial charge in [-0.2, -0.15) is 0 Å². The molecule has 0 aliphatic carbocycles. The van der Waals surface area contributed by atoms with Gasteiger partial charge in [0.15, 0.2) is 0 Å². The Hall–Kier alpha value is -1.52. The van der Waals surface area contributed by atoms with Gasteiger partial charge in [-0.05, 0) is 42.3 Å². The molecule has 0 amide bonds. The summed E-state index contributed by atoms with van der Waals surface area (Å²) in [4.78, 5) is 11.9. The fourth-order valence-electron chi connectivity index (χ4n) is 1.72. The van der Waals surface area contributed by atoms with E-state index in [1.54, 1.807) is 25.1 Å². The highest BCUT2D eigenvalue weighted by Crippen LogP contribution is 2.26. The van der Waals surface area contributed by atoms with Crippen molar-refractivity contribution in [2.75, 3.05) is 0 Å². The van der Waals surface area contributed by atoms with Gasteiger partial charge in [0, 0.05) is 10.6 Å². The first kappa shape index (κ1) is 14.9. The fraction of sp³-hybridized carbons (Fsp3) is 0.133. The largest absolute Gasteiger partial charge is 0.478 e. The van der Waals surface area contributed by atoms with Crippen LogP contribution in [0.4, 0.5) is 4.39 Å². The minimum Gasteiger partial charge on any atom is -0.478 e. The van der Waals surface area contributed by atoms with Crippen molar-refractivity contribution >= 4 is 29.3 Å². The summed E-state index contributed by atoms with van der Waals surface area (Å²) in [6.07, 6.45) is 0. The molecule has 2 aromatic rings. The molecule has 2 nitrogen and oxygen atoms in total. The number of benzene rings is 2. The van der Waals surface area contributed by atoms with Crippen molar-refractivity contribution in [1.29, 1.82) is 0 Å². The maximum atomic E-state index is 13.3. The van der Waals surface area contributed by atoms with Crippen molar-refractivity contribution in [3.63, 3.8) is 0 Å². The monoisotopic (exact) mass is 310 g/mol. The van der Waals surface area contributed by atoms with E-state index in [0.717, 1.165) is 16.0 Å². The van der Waals surface area contributed by atoms with Gasteiger partial charge in [0.25, 0.3) is 0 Å². The number of hydrogen-bond acceptors (Lipinski definition) is 2. The van der Waals surface area contributed by atoms with Crippen LogP contribution in [0.15, 0.2) is 41.3 Å². The highest BCUT2D eigenvalue weighted by molar-refractivity contribution is 7.98. The summed E-state index contributed by atoms with van der Waals surface area (Å²) < 4.78 is 13.3. The van der Waals surface area contributed by atoms with E-state index in [0.29, 0.717) is 5.75 Å². The molecule has 0 saturated heterocycles. The molecule has 0 radical (unpaired) electrons. The number of hydrogen-bond donors (Lipinski definition) is 1. The van der Waals surface area contributed by atoms with Crippen molar-refractivity contribution in [3.05, 3.63) is 63.9 Å². The SMILES string of the molecule is Cc1ccc(SCc2ccc(Cl)c(F)c2)cc1C(=O)O. The van der Waals surface area contributed by atoms with Crippen LogP contribution < -0.4 is 0 Å². The van der Waals surface area contributed by atoms with Gasteiger partial charge in [0.2, 0.25) is 0 Å². The van der Waals surface area contributed by atoms with Gasteiger partial charge in [-0.1, -0.05) is 23.7 Å². The highest BCUT2D eigenvalue weighted by atomic mass is 35.5. The molecule has 0 aliphatic heterocycles. The summed E-state index contributed by atoms with van der Waals surface area (Å²) in [5.41, 5.74) is 1.81. The second kappa shape index (κ2) is 6.29. The molecule has 5 heteroatoms. The van der Waals surface area contributed by atoms with Crippen LogP contribution in [0.1, 0.15) is 21.5 Å². The van der Waals surface area contributed by atoms with Gasteiger partial charge in [0.05, 0.1) is 10.6 Å². The molecular weight excluding hydrogens is 299 g/mol. The molecule has 0 aromatic heterocycles. The van der Waals surface area contributed by atoms with Crippen molar-refractivity contribution in [3.8, 4) is 0 Å². The van der Waals surface area contributed by atoms with E-state index in [1.165, 1.54) is 23.9 Å². The zero-order chi connectivity index (χ0) is 14.7. The standard InChI is InChI=1S/C15H12ClFO2S/c1-9-2-4-11(7-12(9)15(18)19)20-8-10-3-5-13(16)14(17)6-10/h2-7H,8H2,1H3,(H,18,19). The predicted octanol–water partition coefficient (Wildman–Crippen LogP) is 4.78. The lowest BCUT2D eigenvalue weighted by Gasteiger charge is -2.06. The first-order valence-corrected chi connectivity index (χ1v) is 7.24. The van der Waals surface area contributed by atoms with Gasteiger partial charge < -0.3 is 5.11 Å². The van der Waals surface area contributed by atoms with Crippen molar-refractivity contribution in [2.45, 2.75) is 17.6 Å². The lowest BCUT2D eigenvalue weighted by molar-refractivity contribution is 0.0696. The molecule has 0 aliphatic rings. The summed E-state index contributed by atoms with van der Waals surface area (Å²) in [6, 6.07) is 9.93. The van der Waals surface area contributed by atoms with Gasteiger partial charge >= 0.3 is 5.97 Å². The number of carbonyl (C=O) groups is 1. The van der Waals surface area contributed by atoms with Crippen molar-refractivity contribution in [2.24, 2.45) is 0 Å². The van der Waals surface area contributed by atoms with Gasteiger partial charge in [-0.15, -0.1) is 11.8 Å². The second-order valence-electron chi connectivity index (χ2n) is 4.32. The molecule has 0 heterocycles. The molecule has 2 rings (SSSR count). The molecule has 0 atom stereocenters. The number of halogens is 2. The number of carboxylic acid groups (broad SMARTS) is 1. The average molecular weight is 311 g/mol. The first-order chi connectivity index (χ1) is 9.47. The summed E-state index contributed by atoms with van der Waals surface area (Å²) in [5, 5.41) is 9.17. The third-order valence-corrected chi connectivity index (χ3v) is 4.20. The summed E-state index contributed by atoms with van der Waals surface area (Å²) in [5.74, 6) is -0.835. The van der Waals surface area contributed by atoms with E-state index in [-0.39, 0.29) is 10.6 Å². The lowest BCUT2D eigenvalue weighted by atomic mass is 10.1.